The number of nitrogens with one attached hydrogen (secondary N) is 1. The molecule has 0 fully saturated rings. The normalized spacial score (nSPS) is 17.3. The monoisotopic (exact) mass is 359 g/mol. The lowest BCUT2D eigenvalue weighted by molar-refractivity contribution is -0.156. The summed E-state index contributed by atoms with van der Waals surface area (Å²) in [4.78, 5) is 22.4. The van der Waals surface area contributed by atoms with Gasteiger partial charge in [-0.05, 0) is 6.07 Å². The second-order valence-electron chi connectivity index (χ2n) is 5.18. The highest BCUT2D eigenvalue weighted by Gasteiger charge is 2.48. The van der Waals surface area contributed by atoms with Gasteiger partial charge in [-0.25, -0.2) is 9.18 Å². The first-order valence-corrected chi connectivity index (χ1v) is 7.53. The molecule has 2 heterocycles. The van der Waals surface area contributed by atoms with Crippen LogP contribution in [0.4, 0.5) is 23.2 Å². The molecule has 1 amide bonds. The Bertz CT molecular complexity index is 844. The van der Waals surface area contributed by atoms with Crippen LogP contribution in [0.25, 0.3) is 11.1 Å². The molecular weight excluding hydrogens is 350 g/mol. The summed E-state index contributed by atoms with van der Waals surface area (Å²) in [6.45, 7) is 0. The fraction of sp³-hybridized carbons (Fsp3) is 0.200. The van der Waals surface area contributed by atoms with Crippen LogP contribution >= 0.6 is 11.3 Å². The molecule has 4 nitrogen and oxygen atoms in total. The lowest BCUT2D eigenvalue weighted by Gasteiger charge is -2.25. The minimum absolute atomic E-state index is 0.171. The number of benzene rings is 1. The van der Waals surface area contributed by atoms with Crippen LogP contribution < -0.4 is 5.32 Å². The Morgan fingerprint density at radius 1 is 1.29 bits per heavy atom. The number of hydrogen-bond donors (Lipinski definition) is 2. The number of rotatable bonds is 2. The molecular formula is C15H9F4NO3S. The van der Waals surface area contributed by atoms with Gasteiger partial charge in [0, 0.05) is 22.4 Å². The molecule has 3 rings (SSSR count). The fourth-order valence-corrected chi connectivity index (χ4v) is 3.86. The van der Waals surface area contributed by atoms with E-state index in [1.165, 1.54) is 18.2 Å². The molecule has 1 aromatic heterocycles. The molecule has 9 heteroatoms. The molecule has 2 N–H and O–H groups in total. The third-order valence-electron chi connectivity index (χ3n) is 3.64. The van der Waals surface area contributed by atoms with Crippen LogP contribution in [0.15, 0.2) is 24.3 Å². The molecule has 1 aromatic carbocycles. The van der Waals surface area contributed by atoms with Gasteiger partial charge in [0.2, 0.25) is 5.91 Å². The summed E-state index contributed by atoms with van der Waals surface area (Å²) in [5.41, 5.74) is -0.681. The van der Waals surface area contributed by atoms with E-state index in [0.717, 1.165) is 6.07 Å². The highest BCUT2D eigenvalue weighted by Crippen LogP contribution is 2.52. The molecule has 0 radical (unpaired) electrons. The van der Waals surface area contributed by atoms with E-state index in [9.17, 15) is 32.3 Å². The number of carboxylic acids is 1. The maximum Gasteiger partial charge on any atom is 0.397 e. The molecule has 1 atom stereocenters. The standard InChI is InChI=1S/C15H9F4NO3S/c16-8-4-2-1-3-6(8)10-11-12(24-13(10)14(22)23)7(15(17,18)19)5-9(21)20-11/h1-4,7H,5H2,(H,20,21)(H,22,23)/t7-/m0/s1. The Morgan fingerprint density at radius 3 is 2.54 bits per heavy atom. The first-order valence-electron chi connectivity index (χ1n) is 6.71. The van der Waals surface area contributed by atoms with Crippen molar-refractivity contribution in [2.75, 3.05) is 5.32 Å². The molecule has 1 aliphatic rings. The summed E-state index contributed by atoms with van der Waals surface area (Å²) in [6, 6.07) is 5.12. The minimum Gasteiger partial charge on any atom is -0.477 e. The third-order valence-corrected chi connectivity index (χ3v) is 4.93. The Kier molecular flexibility index (Phi) is 3.83. The van der Waals surface area contributed by atoms with Gasteiger partial charge in [-0.1, -0.05) is 18.2 Å². The smallest absolute Gasteiger partial charge is 0.397 e. The van der Waals surface area contributed by atoms with E-state index in [1.807, 2.05) is 0 Å². The summed E-state index contributed by atoms with van der Waals surface area (Å²) in [6.07, 6.45) is -5.54. The van der Waals surface area contributed by atoms with E-state index in [-0.39, 0.29) is 21.7 Å². The van der Waals surface area contributed by atoms with Crippen molar-refractivity contribution in [2.45, 2.75) is 18.5 Å². The Morgan fingerprint density at radius 2 is 1.96 bits per heavy atom. The number of alkyl halides is 3. The summed E-state index contributed by atoms with van der Waals surface area (Å²) in [5, 5.41) is 11.6. The number of aromatic carboxylic acids is 1. The maximum absolute atomic E-state index is 14.1. The average molecular weight is 359 g/mol. The lowest BCUT2D eigenvalue weighted by Crippen LogP contribution is -2.30. The van der Waals surface area contributed by atoms with Crippen LogP contribution in [0.3, 0.4) is 0 Å². The van der Waals surface area contributed by atoms with Crippen molar-refractivity contribution in [2.24, 2.45) is 0 Å². The van der Waals surface area contributed by atoms with Crippen molar-refractivity contribution in [3.8, 4) is 11.1 Å². The highest BCUT2D eigenvalue weighted by molar-refractivity contribution is 7.15. The Balaban J connectivity index is 2.31. The van der Waals surface area contributed by atoms with E-state index >= 15 is 0 Å². The molecule has 0 unspecified atom stereocenters. The van der Waals surface area contributed by atoms with Crippen LogP contribution in [0.5, 0.6) is 0 Å². The third kappa shape index (κ3) is 2.64. The second kappa shape index (κ2) is 5.59. The van der Waals surface area contributed by atoms with Gasteiger partial charge in [0.25, 0.3) is 0 Å². The SMILES string of the molecule is O=C1C[C@H](C(F)(F)F)c2sc(C(=O)O)c(-c3ccccc3F)c2N1. The second-order valence-corrected chi connectivity index (χ2v) is 6.23. The number of hydrogen-bond acceptors (Lipinski definition) is 3. The number of fused-ring (bicyclic) bond motifs is 1. The van der Waals surface area contributed by atoms with Crippen molar-refractivity contribution in [1.29, 1.82) is 0 Å². The van der Waals surface area contributed by atoms with Crippen molar-refractivity contribution in [3.05, 3.63) is 39.8 Å². The largest absolute Gasteiger partial charge is 0.477 e. The molecule has 0 saturated heterocycles. The van der Waals surface area contributed by atoms with Gasteiger partial charge in [0.15, 0.2) is 0 Å². The van der Waals surface area contributed by atoms with Gasteiger partial charge in [-0.2, -0.15) is 13.2 Å². The first-order chi connectivity index (χ1) is 11.2. The predicted octanol–water partition coefficient (Wildman–Crippen LogP) is 4.24. The van der Waals surface area contributed by atoms with E-state index in [4.69, 9.17) is 0 Å². The summed E-state index contributed by atoms with van der Waals surface area (Å²) in [7, 11) is 0. The molecule has 126 valence electrons. The van der Waals surface area contributed by atoms with Crippen molar-refractivity contribution < 1.29 is 32.3 Å². The van der Waals surface area contributed by atoms with E-state index in [2.05, 4.69) is 5.32 Å². The topological polar surface area (TPSA) is 66.4 Å². The molecule has 0 bridgehead atoms. The van der Waals surface area contributed by atoms with Crippen LogP contribution in [-0.2, 0) is 4.79 Å². The summed E-state index contributed by atoms with van der Waals surface area (Å²) in [5.74, 6) is -5.27. The zero-order valence-electron chi connectivity index (χ0n) is 11.8. The van der Waals surface area contributed by atoms with Crippen LogP contribution in [-0.4, -0.2) is 23.2 Å². The average Bonchev–Trinajstić information content (AvgIpc) is 2.85. The fourth-order valence-electron chi connectivity index (χ4n) is 2.62. The number of amides is 1. The van der Waals surface area contributed by atoms with Crippen LogP contribution in [0.1, 0.15) is 26.9 Å². The van der Waals surface area contributed by atoms with Crippen molar-refractivity contribution in [3.63, 3.8) is 0 Å². The quantitative estimate of drug-likeness (QED) is 0.788. The summed E-state index contributed by atoms with van der Waals surface area (Å²) < 4.78 is 53.7. The maximum atomic E-state index is 14.1. The summed E-state index contributed by atoms with van der Waals surface area (Å²) >= 11 is 0.410. The molecule has 0 saturated carbocycles. The number of carbonyl (C=O) groups is 2. The van der Waals surface area contributed by atoms with Gasteiger partial charge in [0.05, 0.1) is 5.69 Å². The molecule has 1 aliphatic heterocycles. The Hall–Kier alpha value is -2.42. The zero-order valence-corrected chi connectivity index (χ0v) is 12.6. The van der Waals surface area contributed by atoms with Gasteiger partial charge in [0.1, 0.15) is 16.6 Å². The molecule has 2 aromatic rings. The minimum atomic E-state index is -4.71. The highest BCUT2D eigenvalue weighted by atomic mass is 32.1. The van der Waals surface area contributed by atoms with Gasteiger partial charge in [-0.3, -0.25) is 4.79 Å². The molecule has 0 aliphatic carbocycles. The zero-order chi connectivity index (χ0) is 17.6. The number of halogens is 4. The van der Waals surface area contributed by atoms with E-state index in [1.54, 1.807) is 0 Å². The van der Waals surface area contributed by atoms with Crippen LogP contribution in [0.2, 0.25) is 0 Å². The van der Waals surface area contributed by atoms with Gasteiger partial charge >= 0.3 is 12.1 Å². The number of anilines is 1. The lowest BCUT2D eigenvalue weighted by atomic mass is 9.93. The number of carboxylic acid groups (broad SMARTS) is 1. The van der Waals surface area contributed by atoms with Gasteiger partial charge < -0.3 is 10.4 Å². The Labute approximate surface area is 136 Å². The number of carbonyl (C=O) groups excluding carboxylic acids is 1. The van der Waals surface area contributed by atoms with Crippen molar-refractivity contribution in [1.82, 2.24) is 0 Å². The molecule has 24 heavy (non-hydrogen) atoms. The predicted molar refractivity (Wildman–Crippen MR) is 78.7 cm³/mol. The van der Waals surface area contributed by atoms with Crippen molar-refractivity contribution >= 4 is 28.9 Å². The van der Waals surface area contributed by atoms with E-state index < -0.39 is 41.1 Å². The van der Waals surface area contributed by atoms with E-state index in [0.29, 0.717) is 11.3 Å². The first kappa shape index (κ1) is 16.4. The van der Waals surface area contributed by atoms with Gasteiger partial charge in [-0.15, -0.1) is 11.3 Å². The molecule has 0 spiro atoms. The number of thiophene rings is 1. The van der Waals surface area contributed by atoms with Crippen LogP contribution in [0, 0.1) is 5.82 Å².